The third-order valence-corrected chi connectivity index (χ3v) is 6.00. The number of phenolic OH excluding ortho intramolecular Hbond substituents is 1. The Labute approximate surface area is 167 Å². The summed E-state index contributed by atoms with van der Waals surface area (Å²) in [4.78, 5) is 0. The van der Waals surface area contributed by atoms with Crippen LogP contribution in [0.3, 0.4) is 0 Å². The number of hydrogen-bond donors (Lipinski definition) is 1. The van der Waals surface area contributed by atoms with Gasteiger partial charge in [-0.2, -0.15) is 21.6 Å². The van der Waals surface area contributed by atoms with Gasteiger partial charge in [-0.05, 0) is 72.6 Å². The lowest BCUT2D eigenvalue weighted by atomic mass is 9.81. The maximum Gasteiger partial charge on any atom is 0.534 e. The van der Waals surface area contributed by atoms with E-state index in [-0.39, 0.29) is 5.75 Å². The van der Waals surface area contributed by atoms with Gasteiger partial charge in [-0.25, -0.2) is 0 Å². The van der Waals surface area contributed by atoms with Crippen molar-refractivity contribution in [1.82, 2.24) is 0 Å². The lowest BCUT2D eigenvalue weighted by Gasteiger charge is -2.24. The molecule has 1 fully saturated rings. The van der Waals surface area contributed by atoms with Crippen LogP contribution in [0.5, 0.6) is 11.5 Å². The van der Waals surface area contributed by atoms with E-state index in [2.05, 4.69) is 11.1 Å². The molecular formula is C21H21F3O4S. The van der Waals surface area contributed by atoms with Gasteiger partial charge in [0.05, 0.1) is 0 Å². The Balaban J connectivity index is 1.97. The monoisotopic (exact) mass is 426 g/mol. The highest BCUT2D eigenvalue weighted by Crippen LogP contribution is 2.38. The van der Waals surface area contributed by atoms with Crippen molar-refractivity contribution >= 4 is 15.7 Å². The average molecular weight is 426 g/mol. The number of rotatable bonds is 4. The van der Waals surface area contributed by atoms with Gasteiger partial charge < -0.3 is 9.29 Å². The van der Waals surface area contributed by atoms with Gasteiger partial charge in [-0.15, -0.1) is 0 Å². The molecule has 1 aliphatic rings. The summed E-state index contributed by atoms with van der Waals surface area (Å²) in [6, 6.07) is 12.3. The van der Waals surface area contributed by atoms with Crippen LogP contribution in [0.2, 0.25) is 0 Å². The molecule has 1 N–H and O–H groups in total. The Morgan fingerprint density at radius 2 is 1.45 bits per heavy atom. The number of aromatic hydroxyl groups is 1. The van der Waals surface area contributed by atoms with Gasteiger partial charge in [0.25, 0.3) is 0 Å². The highest BCUT2D eigenvalue weighted by molar-refractivity contribution is 7.88. The first-order valence-corrected chi connectivity index (χ1v) is 10.6. The molecule has 2 aromatic rings. The van der Waals surface area contributed by atoms with E-state index in [1.807, 2.05) is 0 Å². The van der Waals surface area contributed by atoms with E-state index in [1.165, 1.54) is 17.7 Å². The largest absolute Gasteiger partial charge is 0.534 e. The van der Waals surface area contributed by atoms with E-state index in [9.17, 15) is 26.7 Å². The van der Waals surface area contributed by atoms with E-state index >= 15 is 0 Å². The molecule has 0 radical (unpaired) electrons. The van der Waals surface area contributed by atoms with Crippen molar-refractivity contribution in [3.8, 4) is 11.5 Å². The van der Waals surface area contributed by atoms with Crippen molar-refractivity contribution in [3.05, 3.63) is 65.2 Å². The van der Waals surface area contributed by atoms with E-state index in [4.69, 9.17) is 0 Å². The van der Waals surface area contributed by atoms with Gasteiger partial charge in [0.1, 0.15) is 11.5 Å². The summed E-state index contributed by atoms with van der Waals surface area (Å²) in [6.45, 7) is 2.20. The van der Waals surface area contributed by atoms with E-state index in [1.54, 1.807) is 36.4 Å². The number of hydrogen-bond acceptors (Lipinski definition) is 4. The quantitative estimate of drug-likeness (QED) is 0.508. The van der Waals surface area contributed by atoms with Crippen molar-refractivity contribution in [2.24, 2.45) is 5.92 Å². The molecule has 156 valence electrons. The Bertz CT molecular complexity index is 982. The molecule has 4 nitrogen and oxygen atoms in total. The summed E-state index contributed by atoms with van der Waals surface area (Å²) >= 11 is 0. The number of halogens is 3. The molecule has 0 amide bonds. The lowest BCUT2D eigenvalue weighted by molar-refractivity contribution is -0.0500. The predicted molar refractivity (Wildman–Crippen MR) is 104 cm³/mol. The molecule has 0 aromatic heterocycles. The Morgan fingerprint density at radius 3 is 1.93 bits per heavy atom. The average Bonchev–Trinajstić information content (AvgIpc) is 2.65. The maximum absolute atomic E-state index is 12.5. The van der Waals surface area contributed by atoms with Crippen LogP contribution in [0, 0.1) is 5.92 Å². The SMILES string of the molecule is CC1CCC(=C(c2ccc(O)cc2)c2ccc(OS(=O)(=O)C(F)(F)F)cc2)CC1. The van der Waals surface area contributed by atoms with Gasteiger partial charge in [0.15, 0.2) is 0 Å². The second-order valence-corrected chi connectivity index (χ2v) is 8.75. The van der Waals surface area contributed by atoms with Crippen molar-refractivity contribution in [1.29, 1.82) is 0 Å². The van der Waals surface area contributed by atoms with Crippen molar-refractivity contribution < 1.29 is 30.9 Å². The van der Waals surface area contributed by atoms with Crippen LogP contribution in [0.4, 0.5) is 13.2 Å². The van der Waals surface area contributed by atoms with E-state index in [0.29, 0.717) is 5.92 Å². The molecule has 29 heavy (non-hydrogen) atoms. The van der Waals surface area contributed by atoms with Crippen molar-refractivity contribution in [2.45, 2.75) is 38.1 Å². The van der Waals surface area contributed by atoms with Crippen LogP contribution < -0.4 is 4.18 Å². The second-order valence-electron chi connectivity index (χ2n) is 7.22. The first kappa shape index (κ1) is 21.2. The van der Waals surface area contributed by atoms with Crippen LogP contribution in [0.1, 0.15) is 43.7 Å². The topological polar surface area (TPSA) is 63.6 Å². The fourth-order valence-corrected chi connectivity index (χ4v) is 3.87. The Morgan fingerprint density at radius 1 is 0.966 bits per heavy atom. The zero-order chi connectivity index (χ0) is 21.2. The molecule has 0 bridgehead atoms. The summed E-state index contributed by atoms with van der Waals surface area (Å²) in [7, 11) is -5.71. The number of alkyl halides is 3. The summed E-state index contributed by atoms with van der Waals surface area (Å²) in [5.41, 5.74) is -1.68. The van der Waals surface area contributed by atoms with Crippen molar-refractivity contribution in [3.63, 3.8) is 0 Å². The third-order valence-electron chi connectivity index (χ3n) is 5.02. The second kappa shape index (κ2) is 8.10. The van der Waals surface area contributed by atoms with Gasteiger partial charge in [-0.1, -0.05) is 36.8 Å². The highest BCUT2D eigenvalue weighted by Gasteiger charge is 2.48. The van der Waals surface area contributed by atoms with E-state index in [0.717, 1.165) is 42.4 Å². The molecule has 1 aliphatic carbocycles. The molecule has 0 aliphatic heterocycles. The van der Waals surface area contributed by atoms with Crippen LogP contribution in [-0.4, -0.2) is 19.0 Å². The molecule has 8 heteroatoms. The minimum atomic E-state index is -5.71. The molecule has 0 atom stereocenters. The van der Waals surface area contributed by atoms with Gasteiger partial charge in [0, 0.05) is 0 Å². The summed E-state index contributed by atoms with van der Waals surface area (Å²) < 4.78 is 64.1. The van der Waals surface area contributed by atoms with Crippen molar-refractivity contribution in [2.75, 3.05) is 0 Å². The number of phenols is 1. The molecule has 0 spiro atoms. The zero-order valence-electron chi connectivity index (χ0n) is 15.7. The number of benzene rings is 2. The molecule has 0 unspecified atom stereocenters. The Kier molecular flexibility index (Phi) is 5.93. The number of allylic oxidation sites excluding steroid dienone is 1. The maximum atomic E-state index is 12.5. The summed E-state index contributed by atoms with van der Waals surface area (Å²) in [5.74, 6) is 0.359. The normalized spacial score (nSPS) is 17.8. The summed E-state index contributed by atoms with van der Waals surface area (Å²) in [5, 5.41) is 9.58. The van der Waals surface area contributed by atoms with Crippen LogP contribution in [0.15, 0.2) is 54.1 Å². The van der Waals surface area contributed by atoms with Gasteiger partial charge in [0.2, 0.25) is 0 Å². The molecule has 0 heterocycles. The summed E-state index contributed by atoms with van der Waals surface area (Å²) in [6.07, 6.45) is 3.89. The van der Waals surface area contributed by atoms with Crippen LogP contribution in [-0.2, 0) is 10.1 Å². The third kappa shape index (κ3) is 4.93. The smallest absolute Gasteiger partial charge is 0.508 e. The first-order chi connectivity index (χ1) is 13.6. The van der Waals surface area contributed by atoms with Crippen LogP contribution >= 0.6 is 0 Å². The van der Waals surface area contributed by atoms with Gasteiger partial charge in [-0.3, -0.25) is 0 Å². The van der Waals surface area contributed by atoms with E-state index < -0.39 is 21.4 Å². The Hall–Kier alpha value is -2.48. The predicted octanol–water partition coefficient (Wildman–Crippen LogP) is 5.63. The minimum absolute atomic E-state index is 0.136. The fourth-order valence-electron chi connectivity index (χ4n) is 3.41. The molecule has 3 rings (SSSR count). The standard InChI is InChI=1S/C21H21F3O4S/c1-14-2-4-15(5-3-14)20(16-6-10-18(25)11-7-16)17-8-12-19(13-9-17)28-29(26,27)21(22,23)24/h6-14,25H,2-5H2,1H3. The molecule has 0 saturated heterocycles. The molecular weight excluding hydrogens is 405 g/mol. The zero-order valence-corrected chi connectivity index (χ0v) is 16.6. The molecule has 1 saturated carbocycles. The minimum Gasteiger partial charge on any atom is -0.508 e. The lowest BCUT2D eigenvalue weighted by Crippen LogP contribution is -2.28. The first-order valence-electron chi connectivity index (χ1n) is 9.19. The van der Waals surface area contributed by atoms with Gasteiger partial charge >= 0.3 is 15.6 Å². The fraction of sp³-hybridized carbons (Fsp3) is 0.333. The highest BCUT2D eigenvalue weighted by atomic mass is 32.2. The molecule has 2 aromatic carbocycles. The van der Waals surface area contributed by atoms with Crippen LogP contribution in [0.25, 0.3) is 5.57 Å².